The lowest BCUT2D eigenvalue weighted by atomic mass is 10.2. The molecule has 0 bridgehead atoms. The maximum Gasteiger partial charge on any atom is 0.218 e. The van der Waals surface area contributed by atoms with Gasteiger partial charge in [-0.15, -0.1) is 0 Å². The average Bonchev–Trinajstić information content (AvgIpc) is 2.72. The van der Waals surface area contributed by atoms with Gasteiger partial charge in [-0.2, -0.15) is 0 Å². The van der Waals surface area contributed by atoms with Crippen LogP contribution >= 0.6 is 0 Å². The van der Waals surface area contributed by atoms with Crippen molar-refractivity contribution in [2.24, 2.45) is 0 Å². The smallest absolute Gasteiger partial charge is 0.218 e. The lowest BCUT2D eigenvalue weighted by Crippen LogP contribution is -2.10. The van der Waals surface area contributed by atoms with Crippen LogP contribution in [0.1, 0.15) is 18.7 Å². The van der Waals surface area contributed by atoms with Crippen LogP contribution in [0.4, 0.5) is 5.69 Å². The van der Waals surface area contributed by atoms with Crippen molar-refractivity contribution in [2.75, 3.05) is 5.48 Å². The average molecular weight is 208 g/mol. The standard InChI is InChI=1S/C9H12N4O2/c14-9-7(12-15)6-8(11-9)13-4-2-1-3-5(13)10-6/h11-12,14-15H,1-4H2. The maximum absolute atomic E-state index is 9.49. The highest BCUT2D eigenvalue weighted by Gasteiger charge is 2.20. The van der Waals surface area contributed by atoms with Gasteiger partial charge < -0.3 is 14.7 Å². The molecule has 1 aliphatic rings. The van der Waals surface area contributed by atoms with Crippen molar-refractivity contribution in [1.29, 1.82) is 0 Å². The summed E-state index contributed by atoms with van der Waals surface area (Å²) in [7, 11) is 0. The Morgan fingerprint density at radius 1 is 1.40 bits per heavy atom. The Hall–Kier alpha value is -1.69. The zero-order valence-corrected chi connectivity index (χ0v) is 8.12. The number of hydrogen-bond acceptors (Lipinski definition) is 4. The quantitative estimate of drug-likeness (QED) is 0.530. The molecule has 0 saturated carbocycles. The van der Waals surface area contributed by atoms with Gasteiger partial charge in [0.05, 0.1) is 0 Å². The lowest BCUT2D eigenvalue weighted by Gasteiger charge is -2.13. The number of nitrogens with zero attached hydrogens (tertiary/aromatic N) is 2. The molecule has 0 aromatic carbocycles. The molecule has 3 heterocycles. The first-order chi connectivity index (χ1) is 7.31. The van der Waals surface area contributed by atoms with Crippen LogP contribution in [0.25, 0.3) is 11.2 Å². The van der Waals surface area contributed by atoms with Crippen LogP contribution in [0.2, 0.25) is 0 Å². The first kappa shape index (κ1) is 8.60. The molecule has 0 amide bonds. The first-order valence-corrected chi connectivity index (χ1v) is 5.01. The second-order valence-electron chi connectivity index (χ2n) is 3.79. The minimum absolute atomic E-state index is 0.0733. The van der Waals surface area contributed by atoms with E-state index < -0.39 is 0 Å². The number of H-pyrrole nitrogens is 1. The summed E-state index contributed by atoms with van der Waals surface area (Å²) in [4.78, 5) is 7.21. The molecule has 1 aliphatic heterocycles. The van der Waals surface area contributed by atoms with E-state index in [1.807, 2.05) is 5.48 Å². The lowest BCUT2D eigenvalue weighted by molar-refractivity contribution is 0.380. The van der Waals surface area contributed by atoms with E-state index in [1.165, 1.54) is 0 Å². The molecule has 2 aromatic heterocycles. The first-order valence-electron chi connectivity index (χ1n) is 5.01. The Balaban J connectivity index is 2.29. The minimum Gasteiger partial charge on any atom is -0.493 e. The molecule has 0 unspecified atom stereocenters. The number of rotatable bonds is 1. The number of aryl methyl sites for hydroxylation is 2. The molecule has 0 saturated heterocycles. The van der Waals surface area contributed by atoms with E-state index in [-0.39, 0.29) is 11.6 Å². The molecule has 0 atom stereocenters. The van der Waals surface area contributed by atoms with E-state index in [0.29, 0.717) is 5.52 Å². The molecule has 6 heteroatoms. The second-order valence-corrected chi connectivity index (χ2v) is 3.79. The molecule has 0 spiro atoms. The number of fused-ring (bicyclic) bond motifs is 3. The topological polar surface area (TPSA) is 86.1 Å². The monoisotopic (exact) mass is 208 g/mol. The van der Waals surface area contributed by atoms with Crippen molar-refractivity contribution in [2.45, 2.75) is 25.8 Å². The number of aromatic amines is 1. The zero-order chi connectivity index (χ0) is 10.4. The van der Waals surface area contributed by atoms with Crippen LogP contribution in [0.3, 0.4) is 0 Å². The number of aromatic nitrogens is 3. The van der Waals surface area contributed by atoms with E-state index in [0.717, 1.165) is 37.3 Å². The fraction of sp³-hybridized carbons (Fsp3) is 0.444. The third-order valence-electron chi connectivity index (χ3n) is 2.90. The van der Waals surface area contributed by atoms with Crippen LogP contribution in [-0.4, -0.2) is 24.8 Å². The van der Waals surface area contributed by atoms with Crippen molar-refractivity contribution >= 4 is 16.9 Å². The van der Waals surface area contributed by atoms with Crippen molar-refractivity contribution in [1.82, 2.24) is 14.5 Å². The van der Waals surface area contributed by atoms with Crippen molar-refractivity contribution in [3.63, 3.8) is 0 Å². The summed E-state index contributed by atoms with van der Waals surface area (Å²) in [5.41, 5.74) is 3.61. The maximum atomic E-state index is 9.49. The van der Waals surface area contributed by atoms with Crippen molar-refractivity contribution < 1.29 is 10.3 Å². The molecule has 3 rings (SSSR count). The summed E-state index contributed by atoms with van der Waals surface area (Å²) < 4.78 is 2.05. The van der Waals surface area contributed by atoms with Gasteiger partial charge in [0.15, 0.2) is 0 Å². The molecule has 4 N–H and O–H groups in total. The summed E-state index contributed by atoms with van der Waals surface area (Å²) in [6.07, 6.45) is 3.22. The third kappa shape index (κ3) is 1.05. The van der Waals surface area contributed by atoms with E-state index in [4.69, 9.17) is 5.21 Å². The van der Waals surface area contributed by atoms with Gasteiger partial charge in [0, 0.05) is 13.0 Å². The Morgan fingerprint density at radius 3 is 3.07 bits per heavy atom. The fourth-order valence-electron chi connectivity index (χ4n) is 2.18. The molecule has 0 radical (unpaired) electrons. The Labute approximate surface area is 85.5 Å². The molecule has 2 aromatic rings. The van der Waals surface area contributed by atoms with E-state index in [2.05, 4.69) is 14.5 Å². The van der Waals surface area contributed by atoms with Crippen LogP contribution in [0.15, 0.2) is 0 Å². The van der Waals surface area contributed by atoms with Gasteiger partial charge in [0.25, 0.3) is 0 Å². The van der Waals surface area contributed by atoms with Crippen LogP contribution in [0, 0.1) is 0 Å². The highest BCUT2D eigenvalue weighted by atomic mass is 16.5. The van der Waals surface area contributed by atoms with E-state index >= 15 is 0 Å². The van der Waals surface area contributed by atoms with Gasteiger partial charge in [-0.1, -0.05) is 0 Å². The minimum atomic E-state index is -0.0733. The number of aromatic hydroxyl groups is 1. The van der Waals surface area contributed by atoms with E-state index in [9.17, 15) is 5.11 Å². The Kier molecular flexibility index (Phi) is 1.66. The Bertz CT molecular complexity index is 514. The predicted molar refractivity (Wildman–Crippen MR) is 54.1 cm³/mol. The molecular weight excluding hydrogens is 196 g/mol. The number of hydrogen-bond donors (Lipinski definition) is 4. The summed E-state index contributed by atoms with van der Waals surface area (Å²) in [6, 6.07) is 0. The van der Waals surface area contributed by atoms with Gasteiger partial charge in [-0.3, -0.25) is 10.7 Å². The predicted octanol–water partition coefficient (Wildman–Crippen LogP) is 1.21. The van der Waals surface area contributed by atoms with Crippen LogP contribution < -0.4 is 5.48 Å². The second kappa shape index (κ2) is 2.90. The van der Waals surface area contributed by atoms with Gasteiger partial charge in [0.2, 0.25) is 5.88 Å². The molecule has 15 heavy (non-hydrogen) atoms. The molecule has 6 nitrogen and oxygen atoms in total. The fourth-order valence-corrected chi connectivity index (χ4v) is 2.18. The summed E-state index contributed by atoms with van der Waals surface area (Å²) in [5.74, 6) is 0.940. The third-order valence-corrected chi connectivity index (χ3v) is 2.90. The number of imidazole rings is 1. The normalized spacial score (nSPS) is 15.5. The van der Waals surface area contributed by atoms with Gasteiger partial charge >= 0.3 is 0 Å². The number of anilines is 1. The number of nitrogens with one attached hydrogen (secondary N) is 2. The molecular formula is C9H12N4O2. The molecule has 0 aliphatic carbocycles. The SMILES string of the molecule is ONc1c(O)[nH]c2c1nc1n2CCCC1. The van der Waals surface area contributed by atoms with Crippen LogP contribution in [0.5, 0.6) is 5.88 Å². The summed E-state index contributed by atoms with van der Waals surface area (Å²) in [6.45, 7) is 0.913. The Morgan fingerprint density at radius 2 is 2.27 bits per heavy atom. The zero-order valence-electron chi connectivity index (χ0n) is 8.12. The summed E-state index contributed by atoms with van der Waals surface area (Å²) >= 11 is 0. The van der Waals surface area contributed by atoms with E-state index in [1.54, 1.807) is 0 Å². The van der Waals surface area contributed by atoms with Crippen molar-refractivity contribution in [3.8, 4) is 5.88 Å². The highest BCUT2D eigenvalue weighted by Crippen LogP contribution is 2.33. The van der Waals surface area contributed by atoms with Crippen LogP contribution in [-0.2, 0) is 13.0 Å². The largest absolute Gasteiger partial charge is 0.493 e. The van der Waals surface area contributed by atoms with Crippen molar-refractivity contribution in [3.05, 3.63) is 5.82 Å². The highest BCUT2D eigenvalue weighted by molar-refractivity contribution is 5.90. The molecule has 0 fully saturated rings. The summed E-state index contributed by atoms with van der Waals surface area (Å²) in [5, 5.41) is 18.4. The van der Waals surface area contributed by atoms with Gasteiger partial charge in [-0.05, 0) is 12.8 Å². The van der Waals surface area contributed by atoms with Gasteiger partial charge in [0.1, 0.15) is 22.7 Å². The van der Waals surface area contributed by atoms with Gasteiger partial charge in [-0.25, -0.2) is 4.98 Å². The molecule has 80 valence electrons.